The fraction of sp³-hybridized carbons (Fsp3) is 0.688. The number of ether oxygens (including phenoxy) is 7. The number of hydrogen-bond donors (Lipinski definition) is 1. The van der Waals surface area contributed by atoms with Gasteiger partial charge in [-0.2, -0.15) is 0 Å². The van der Waals surface area contributed by atoms with Crippen molar-refractivity contribution in [3.63, 3.8) is 0 Å². The molecule has 47 heavy (non-hydrogen) atoms. The third-order valence-corrected chi connectivity index (χ3v) is 9.18. The van der Waals surface area contributed by atoms with Gasteiger partial charge in [0.05, 0.1) is 34.9 Å². The van der Waals surface area contributed by atoms with E-state index in [1.807, 2.05) is 0 Å². The van der Waals surface area contributed by atoms with E-state index < -0.39 is 113 Å². The van der Waals surface area contributed by atoms with Crippen molar-refractivity contribution >= 4 is 35.8 Å². The van der Waals surface area contributed by atoms with E-state index in [0.29, 0.717) is 0 Å². The largest absolute Gasteiger partial charge is 0.472 e. The van der Waals surface area contributed by atoms with Crippen LogP contribution in [0.1, 0.15) is 79.1 Å². The first-order valence-corrected chi connectivity index (χ1v) is 15.2. The Morgan fingerprint density at radius 1 is 0.851 bits per heavy atom. The molecule has 260 valence electrons. The summed E-state index contributed by atoms with van der Waals surface area (Å²) in [5.41, 5.74) is -8.16. The average Bonchev–Trinajstić information content (AvgIpc) is 3.52. The number of esters is 6. The van der Waals surface area contributed by atoms with E-state index in [2.05, 4.69) is 0 Å². The summed E-state index contributed by atoms with van der Waals surface area (Å²) in [5, 5.41) is 12.6. The molecular weight excluding hydrogens is 624 g/mol. The maximum atomic E-state index is 13.8. The number of furan rings is 1. The van der Waals surface area contributed by atoms with Crippen molar-refractivity contribution in [2.24, 2.45) is 17.3 Å². The van der Waals surface area contributed by atoms with Crippen molar-refractivity contribution in [1.82, 2.24) is 0 Å². The molecule has 0 amide bonds. The monoisotopic (exact) mass is 666 g/mol. The van der Waals surface area contributed by atoms with Gasteiger partial charge >= 0.3 is 35.8 Å². The summed E-state index contributed by atoms with van der Waals surface area (Å²) in [4.78, 5) is 77.9. The first-order valence-electron chi connectivity index (χ1n) is 15.2. The van der Waals surface area contributed by atoms with Gasteiger partial charge in [0, 0.05) is 34.1 Å². The van der Waals surface area contributed by atoms with E-state index in [9.17, 15) is 33.9 Å². The van der Waals surface area contributed by atoms with Gasteiger partial charge in [-0.15, -0.1) is 0 Å². The van der Waals surface area contributed by atoms with E-state index in [-0.39, 0.29) is 5.56 Å². The molecule has 4 rings (SSSR count). The summed E-state index contributed by atoms with van der Waals surface area (Å²) in [6, 6.07) is 1.31. The van der Waals surface area contributed by atoms with E-state index in [1.54, 1.807) is 27.7 Å². The van der Waals surface area contributed by atoms with Gasteiger partial charge in [-0.1, -0.05) is 13.8 Å². The zero-order chi connectivity index (χ0) is 35.3. The number of carbonyl (C=O) groups excluding carboxylic acids is 6. The molecule has 1 aromatic heterocycles. The summed E-state index contributed by atoms with van der Waals surface area (Å²) >= 11 is 0. The molecule has 0 radical (unpaired) electrons. The second kappa shape index (κ2) is 12.6. The van der Waals surface area contributed by atoms with Crippen LogP contribution in [0.3, 0.4) is 0 Å². The summed E-state index contributed by atoms with van der Waals surface area (Å²) in [7, 11) is 0. The van der Waals surface area contributed by atoms with E-state index in [0.717, 1.165) is 34.0 Å². The minimum absolute atomic E-state index is 0.0617. The van der Waals surface area contributed by atoms with E-state index in [1.165, 1.54) is 19.3 Å². The number of hydrogen-bond acceptors (Lipinski definition) is 15. The Labute approximate surface area is 271 Å². The van der Waals surface area contributed by atoms with Gasteiger partial charge in [-0.3, -0.25) is 24.0 Å². The maximum Gasteiger partial charge on any atom is 0.341 e. The third-order valence-electron chi connectivity index (χ3n) is 9.18. The molecule has 9 atom stereocenters. The highest BCUT2D eigenvalue weighted by atomic mass is 16.7. The molecule has 2 aliphatic carbocycles. The third kappa shape index (κ3) is 5.99. The van der Waals surface area contributed by atoms with Crippen LogP contribution in [-0.4, -0.2) is 94.9 Å². The van der Waals surface area contributed by atoms with E-state index in [4.69, 9.17) is 37.6 Å². The van der Waals surface area contributed by atoms with E-state index >= 15 is 0 Å². The lowest BCUT2D eigenvalue weighted by Gasteiger charge is -2.66. The fourth-order valence-corrected chi connectivity index (χ4v) is 7.70. The highest BCUT2D eigenvalue weighted by molar-refractivity contribution is 5.89. The molecule has 3 fully saturated rings. The van der Waals surface area contributed by atoms with Gasteiger partial charge in [-0.05, 0) is 26.8 Å². The Morgan fingerprint density at radius 3 is 1.96 bits per heavy atom. The summed E-state index contributed by atoms with van der Waals surface area (Å²) < 4.78 is 47.2. The summed E-state index contributed by atoms with van der Waals surface area (Å²) in [5.74, 6) is -6.96. The van der Waals surface area contributed by atoms with Crippen LogP contribution in [-0.2, 0) is 57.1 Å². The first kappa shape index (κ1) is 35.9. The molecule has 1 aromatic rings. The molecule has 1 aliphatic heterocycles. The van der Waals surface area contributed by atoms with Crippen molar-refractivity contribution < 1.29 is 71.4 Å². The predicted molar refractivity (Wildman–Crippen MR) is 155 cm³/mol. The molecule has 1 saturated heterocycles. The van der Waals surface area contributed by atoms with Crippen molar-refractivity contribution in [1.29, 1.82) is 0 Å². The van der Waals surface area contributed by atoms with Crippen LogP contribution in [0.4, 0.5) is 0 Å². The number of rotatable bonds is 9. The van der Waals surface area contributed by atoms with Crippen molar-refractivity contribution in [3.8, 4) is 0 Å². The molecule has 15 nitrogen and oxygen atoms in total. The molecule has 1 N–H and O–H groups in total. The topological polar surface area (TPSA) is 200 Å². The summed E-state index contributed by atoms with van der Waals surface area (Å²) in [6.45, 7) is 11.2. The lowest BCUT2D eigenvalue weighted by atomic mass is 9.45. The zero-order valence-corrected chi connectivity index (χ0v) is 27.9. The van der Waals surface area contributed by atoms with Crippen LogP contribution in [0.15, 0.2) is 23.0 Å². The molecule has 3 aliphatic rings. The van der Waals surface area contributed by atoms with Gasteiger partial charge in [-0.25, -0.2) is 4.79 Å². The van der Waals surface area contributed by atoms with Gasteiger partial charge in [0.2, 0.25) is 0 Å². The maximum absolute atomic E-state index is 13.8. The van der Waals surface area contributed by atoms with Crippen molar-refractivity contribution in [3.05, 3.63) is 24.2 Å². The number of aliphatic hydroxyl groups is 1. The van der Waals surface area contributed by atoms with Gasteiger partial charge < -0.3 is 42.7 Å². The van der Waals surface area contributed by atoms with Crippen LogP contribution in [0.25, 0.3) is 0 Å². The second-order valence-electron chi connectivity index (χ2n) is 13.4. The van der Waals surface area contributed by atoms with Crippen LogP contribution < -0.4 is 0 Å². The molecule has 2 bridgehead atoms. The van der Waals surface area contributed by atoms with Crippen LogP contribution in [0.5, 0.6) is 0 Å². The van der Waals surface area contributed by atoms with Gasteiger partial charge in [0.15, 0.2) is 17.8 Å². The minimum atomic E-state index is -2.28. The van der Waals surface area contributed by atoms with Crippen LogP contribution in [0, 0.1) is 17.3 Å². The molecular formula is C32H42O15. The Morgan fingerprint density at radius 2 is 1.45 bits per heavy atom. The summed E-state index contributed by atoms with van der Waals surface area (Å²) in [6.07, 6.45) is -6.09. The fourth-order valence-electron chi connectivity index (χ4n) is 7.70. The lowest BCUT2D eigenvalue weighted by Crippen LogP contribution is -2.85. The van der Waals surface area contributed by atoms with Crippen molar-refractivity contribution in [2.45, 2.75) is 116 Å². The van der Waals surface area contributed by atoms with Crippen LogP contribution >= 0.6 is 0 Å². The highest BCUT2D eigenvalue weighted by Gasteiger charge is 2.89. The van der Waals surface area contributed by atoms with Gasteiger partial charge in [0.25, 0.3) is 0 Å². The smallest absolute Gasteiger partial charge is 0.341 e. The normalized spacial score (nSPS) is 35.2. The number of fused-ring (bicyclic) bond motifs is 1. The molecule has 0 aromatic carbocycles. The number of carbonyl (C=O) groups is 6. The SMILES string of the molecule is CC(=O)OC[C@]12[C@@H](OC(=O)c3ccoc3)C(OC(=O)C(C)C)[C@@H]3[C@@H](OC(C)=O)[C@]1(OC3(C)C)[C@@](C)(O)C[C@H](OC(C)=O)[C@@H]2OC(C)=O. The Balaban J connectivity index is 2.19. The average molecular weight is 667 g/mol. The van der Waals surface area contributed by atoms with Crippen LogP contribution in [0.2, 0.25) is 0 Å². The zero-order valence-electron chi connectivity index (χ0n) is 27.9. The molecule has 1 unspecified atom stereocenters. The second-order valence-corrected chi connectivity index (χ2v) is 13.4. The van der Waals surface area contributed by atoms with Crippen molar-refractivity contribution in [2.75, 3.05) is 6.61 Å². The molecule has 15 heteroatoms. The Kier molecular flexibility index (Phi) is 9.59. The molecule has 2 heterocycles. The predicted octanol–water partition coefficient (Wildman–Crippen LogP) is 2.05. The highest BCUT2D eigenvalue weighted by Crippen LogP contribution is 2.69. The quantitative estimate of drug-likeness (QED) is 0.296. The van der Waals surface area contributed by atoms with Gasteiger partial charge in [0.1, 0.15) is 36.6 Å². The Hall–Kier alpha value is -3.98. The standard InChI is InChI=1S/C32H42O15/c1-15(2)27(37)45-23-22-25(44-19(6)36)32(47-29(22,7)8)30(9,39)12-21(42-17(4)34)24(43-18(5)35)31(32,14-41-16(3)33)26(23)46-28(38)20-10-11-40-13-20/h10-11,13,15,21-26,39H,12,14H2,1-9H3/t21-,22+,23?,24-,25+,26-,30-,31-,32-/m0/s1. The molecule has 1 spiro atoms. The molecule has 2 saturated carbocycles. The lowest BCUT2D eigenvalue weighted by molar-refractivity contribution is -0.363. The Bertz CT molecular complexity index is 1410. The minimum Gasteiger partial charge on any atom is -0.472 e. The first-order chi connectivity index (χ1) is 21.7.